The van der Waals surface area contributed by atoms with E-state index in [0.717, 1.165) is 0 Å². The van der Waals surface area contributed by atoms with E-state index in [-0.39, 0.29) is 25.0 Å². The zero-order chi connectivity index (χ0) is 3.58. The molecule has 0 bridgehead atoms. The van der Waals surface area contributed by atoms with E-state index in [2.05, 4.69) is 0 Å². The van der Waals surface area contributed by atoms with Crippen molar-refractivity contribution >= 4 is 0 Å². The Morgan fingerprint density at radius 2 is 1.33 bits per heavy atom. The largest absolute Gasteiger partial charge is 1.00 e. The summed E-state index contributed by atoms with van der Waals surface area (Å²) in [6, 6.07) is 0. The van der Waals surface area contributed by atoms with E-state index in [1.807, 2.05) is 0 Å². The van der Waals surface area contributed by atoms with Crippen molar-refractivity contribution in [3.05, 3.63) is 15.3 Å². The summed E-state index contributed by atoms with van der Waals surface area (Å²) in [5.74, 6) is 0. The number of rotatable bonds is 0. The monoisotopic (exact) mass is 86.0 g/mol. The van der Waals surface area contributed by atoms with Gasteiger partial charge in [-0.2, -0.15) is 0 Å². The summed E-state index contributed by atoms with van der Waals surface area (Å²) >= 11 is 0. The molecule has 0 aliphatic rings. The zero-order valence-corrected chi connectivity index (χ0v) is 3.38. The van der Waals surface area contributed by atoms with Crippen LogP contribution in [-0.4, -0.2) is 5.09 Å². The molecule has 0 aliphatic carbocycles. The molecule has 0 fully saturated rings. The van der Waals surface area contributed by atoms with Crippen LogP contribution in [0.2, 0.25) is 0 Å². The molecule has 0 atom stereocenters. The van der Waals surface area contributed by atoms with Gasteiger partial charge in [0.1, 0.15) is 0 Å². The van der Waals surface area contributed by atoms with Gasteiger partial charge in [0.15, 0.2) is 0 Å². The number of nitrogens with zero attached hydrogens (tertiary/aromatic N) is 1. The second kappa shape index (κ2) is 8.83. The summed E-state index contributed by atoms with van der Waals surface area (Å²) in [7, 11) is 0. The van der Waals surface area contributed by atoms with Gasteiger partial charge in [0.25, 0.3) is 0 Å². The molecule has 6 heavy (non-hydrogen) atoms. The Morgan fingerprint density at radius 1 is 1.33 bits per heavy atom. The van der Waals surface area contributed by atoms with Gasteiger partial charge in [-0.25, -0.2) is 0 Å². The third-order valence-electron chi connectivity index (χ3n) is 0. The summed E-state index contributed by atoms with van der Waals surface area (Å²) in [4.78, 5) is 8.25. The normalized spacial score (nSPS) is 4.00. The Bertz CT molecular complexity index is 31.8. The second-order valence-electron chi connectivity index (χ2n) is 0.224. The maximum atomic E-state index is 8.25. The van der Waals surface area contributed by atoms with E-state index in [1.54, 1.807) is 0 Å². The fourth-order valence-corrected chi connectivity index (χ4v) is 0. The molecule has 0 rings (SSSR count). The van der Waals surface area contributed by atoms with Crippen LogP contribution in [-0.2, 0) is 0 Å². The van der Waals surface area contributed by atoms with Crippen LogP contribution in [0.5, 0.6) is 0 Å². The first-order valence-electron chi connectivity index (χ1n) is 0.548. The van der Waals surface area contributed by atoms with Crippen molar-refractivity contribution in [1.29, 1.82) is 0 Å². The molecule has 3 N–H and O–H groups in total. The minimum atomic E-state index is -1.75. The molecule has 0 aliphatic heterocycles. The number of hydrogen-bond donors (Lipinski definition) is 1. The second-order valence-corrected chi connectivity index (χ2v) is 0.224. The van der Waals surface area contributed by atoms with Crippen LogP contribution < -0.4 is 25.0 Å². The minimum absolute atomic E-state index is 0. The molecule has 0 saturated carbocycles. The van der Waals surface area contributed by atoms with Crippen molar-refractivity contribution in [3.63, 3.8) is 0 Å². The SMILES string of the molecule is N.O=[N+]([O-])[O-].[Li+]. The first kappa shape index (κ1) is 17.1. The van der Waals surface area contributed by atoms with Gasteiger partial charge in [0.2, 0.25) is 0 Å². The quantitative estimate of drug-likeness (QED) is 0.192. The van der Waals surface area contributed by atoms with Crippen LogP contribution in [0.1, 0.15) is 0 Å². The molecular weight excluding hydrogens is 83.0 g/mol. The van der Waals surface area contributed by atoms with Crippen molar-refractivity contribution in [1.82, 2.24) is 6.15 Å². The average molecular weight is 86.0 g/mol. The molecule has 0 aromatic carbocycles. The van der Waals surface area contributed by atoms with E-state index in [1.165, 1.54) is 0 Å². The van der Waals surface area contributed by atoms with Crippen LogP contribution in [0.4, 0.5) is 0 Å². The first-order chi connectivity index (χ1) is 1.73. The Labute approximate surface area is 46.2 Å². The molecule has 0 heterocycles. The molecular formula is H3LiN2O3. The molecule has 0 unspecified atom stereocenters. The van der Waals surface area contributed by atoms with E-state index in [0.29, 0.717) is 0 Å². The van der Waals surface area contributed by atoms with Gasteiger partial charge < -0.3 is 21.5 Å². The van der Waals surface area contributed by atoms with Crippen molar-refractivity contribution < 1.29 is 23.9 Å². The van der Waals surface area contributed by atoms with E-state index < -0.39 is 5.09 Å². The van der Waals surface area contributed by atoms with Gasteiger partial charge in [0, 0.05) is 0 Å². The summed E-state index contributed by atoms with van der Waals surface area (Å²) in [6.45, 7) is 0. The molecule has 0 radical (unpaired) electrons. The number of hydrogen-bond acceptors (Lipinski definition) is 4. The maximum absolute atomic E-state index is 8.25. The third kappa shape index (κ3) is 485. The predicted molar refractivity (Wildman–Crippen MR) is 15.4 cm³/mol. The summed E-state index contributed by atoms with van der Waals surface area (Å²) in [6.07, 6.45) is 0. The topological polar surface area (TPSA) is 101 Å². The molecule has 0 aromatic rings. The van der Waals surface area contributed by atoms with E-state index in [4.69, 9.17) is 15.3 Å². The fraction of sp³-hybridized carbons (Fsp3) is 0. The van der Waals surface area contributed by atoms with Crippen molar-refractivity contribution in [2.75, 3.05) is 0 Å². The Kier molecular flexibility index (Phi) is 25.2. The van der Waals surface area contributed by atoms with E-state index >= 15 is 0 Å². The summed E-state index contributed by atoms with van der Waals surface area (Å²) < 4.78 is 0. The summed E-state index contributed by atoms with van der Waals surface area (Å²) in [5.41, 5.74) is 0. The van der Waals surface area contributed by atoms with Gasteiger partial charge in [-0.15, -0.1) is 0 Å². The smallest absolute Gasteiger partial charge is 0.356 e. The molecule has 0 aromatic heterocycles. The predicted octanol–water partition coefficient (Wildman–Crippen LogP) is -3.07. The van der Waals surface area contributed by atoms with Gasteiger partial charge in [-0.05, 0) is 0 Å². The summed E-state index contributed by atoms with van der Waals surface area (Å²) in [5, 5.41) is 14.8. The van der Waals surface area contributed by atoms with Crippen LogP contribution >= 0.6 is 0 Å². The van der Waals surface area contributed by atoms with Crippen molar-refractivity contribution in [2.24, 2.45) is 0 Å². The van der Waals surface area contributed by atoms with Gasteiger partial charge >= 0.3 is 18.9 Å². The van der Waals surface area contributed by atoms with Crippen LogP contribution in [0.25, 0.3) is 0 Å². The van der Waals surface area contributed by atoms with Gasteiger partial charge in [0.05, 0.1) is 5.09 Å². The first-order valence-corrected chi connectivity index (χ1v) is 0.548. The zero-order valence-electron chi connectivity index (χ0n) is 3.38. The molecule has 0 saturated heterocycles. The average Bonchev–Trinajstić information content (AvgIpc) is 0.811. The Hall–Kier alpha value is -0.243. The molecule has 6 heteroatoms. The van der Waals surface area contributed by atoms with Gasteiger partial charge in [-0.1, -0.05) is 0 Å². The van der Waals surface area contributed by atoms with Crippen LogP contribution in [0.3, 0.4) is 0 Å². The molecule has 32 valence electrons. The Morgan fingerprint density at radius 3 is 1.33 bits per heavy atom. The minimum Gasteiger partial charge on any atom is -0.356 e. The Balaban J connectivity index is -0.0000000450. The van der Waals surface area contributed by atoms with Crippen LogP contribution in [0.15, 0.2) is 0 Å². The van der Waals surface area contributed by atoms with Gasteiger partial charge in [-0.3, -0.25) is 0 Å². The molecule has 0 spiro atoms. The third-order valence-corrected chi connectivity index (χ3v) is 0. The molecule has 0 amide bonds. The fourth-order valence-electron chi connectivity index (χ4n) is 0. The standard InChI is InChI=1S/Li.NO3.H3N/c;2-1(3)4;/h;;1H3/q+1;-1;. The van der Waals surface area contributed by atoms with Crippen molar-refractivity contribution in [2.45, 2.75) is 0 Å². The van der Waals surface area contributed by atoms with E-state index in [9.17, 15) is 0 Å². The maximum Gasteiger partial charge on any atom is 1.00 e. The van der Waals surface area contributed by atoms with Crippen LogP contribution in [0, 0.1) is 15.3 Å². The molecule has 5 nitrogen and oxygen atoms in total. The van der Waals surface area contributed by atoms with Crippen molar-refractivity contribution in [3.8, 4) is 0 Å².